The van der Waals surface area contributed by atoms with Gasteiger partial charge in [-0.05, 0) is 24.5 Å². The summed E-state index contributed by atoms with van der Waals surface area (Å²) in [5.41, 5.74) is 7.02. The number of rotatable bonds is 6. The molecule has 1 aromatic rings. The summed E-state index contributed by atoms with van der Waals surface area (Å²) in [5.74, 6) is -3.68. The lowest BCUT2D eigenvalue weighted by Gasteiger charge is -2.14. The molecule has 0 fully saturated rings. The maximum atomic E-state index is 12.9. The molecule has 0 saturated carbocycles. The van der Waals surface area contributed by atoms with E-state index in [-0.39, 0.29) is 12.8 Å². The Kier molecular flexibility index (Phi) is 4.78. The summed E-state index contributed by atoms with van der Waals surface area (Å²) in [7, 11) is 0. The molecule has 0 amide bonds. The first-order valence-electron chi connectivity index (χ1n) is 5.72. The second-order valence-corrected chi connectivity index (χ2v) is 4.53. The number of halogens is 2. The van der Waals surface area contributed by atoms with Crippen molar-refractivity contribution in [2.75, 3.05) is 0 Å². The van der Waals surface area contributed by atoms with Gasteiger partial charge in [0.25, 0.3) is 0 Å². The van der Waals surface area contributed by atoms with Gasteiger partial charge in [0.15, 0.2) is 0 Å². The minimum absolute atomic E-state index is 0.0324. The highest BCUT2D eigenvalue weighted by Crippen LogP contribution is 2.22. The molecule has 0 aliphatic rings. The van der Waals surface area contributed by atoms with E-state index in [0.29, 0.717) is 17.5 Å². The molecule has 0 aliphatic heterocycles. The molecule has 0 heterocycles. The van der Waals surface area contributed by atoms with E-state index >= 15 is 0 Å². The number of alkyl halides is 2. The van der Waals surface area contributed by atoms with E-state index in [1.807, 2.05) is 0 Å². The smallest absolute Gasteiger partial charge is 0.303 e. The normalized spacial score (nSPS) is 13.3. The summed E-state index contributed by atoms with van der Waals surface area (Å²) in [6, 6.07) is 6.18. The van der Waals surface area contributed by atoms with Crippen molar-refractivity contribution in [1.29, 1.82) is 0 Å². The molecule has 1 atom stereocenters. The molecule has 1 aromatic carbocycles. The van der Waals surface area contributed by atoms with E-state index in [9.17, 15) is 13.6 Å². The Labute approximate surface area is 105 Å². The monoisotopic (exact) mass is 257 g/mol. The van der Waals surface area contributed by atoms with Crippen molar-refractivity contribution in [2.24, 2.45) is 5.73 Å². The Morgan fingerprint density at radius 3 is 2.72 bits per heavy atom. The highest BCUT2D eigenvalue weighted by Gasteiger charge is 2.21. The number of hydrogen-bond acceptors (Lipinski definition) is 2. The maximum Gasteiger partial charge on any atom is 0.303 e. The van der Waals surface area contributed by atoms with Crippen molar-refractivity contribution in [3.8, 4) is 0 Å². The van der Waals surface area contributed by atoms with E-state index in [4.69, 9.17) is 10.8 Å². The number of aliphatic carboxylic acids is 1. The van der Waals surface area contributed by atoms with Crippen molar-refractivity contribution in [3.63, 3.8) is 0 Å². The molecule has 0 radical (unpaired) electrons. The topological polar surface area (TPSA) is 63.3 Å². The fraction of sp³-hybridized carbons (Fsp3) is 0.462. The Bertz CT molecular complexity index is 416. The van der Waals surface area contributed by atoms with Gasteiger partial charge >= 0.3 is 5.97 Å². The van der Waals surface area contributed by atoms with E-state index in [1.54, 1.807) is 24.3 Å². The molecular weight excluding hydrogens is 240 g/mol. The van der Waals surface area contributed by atoms with E-state index < -0.39 is 17.9 Å². The number of hydrogen-bond donors (Lipinski definition) is 2. The Hall–Kier alpha value is -1.49. The first-order chi connectivity index (χ1) is 8.28. The van der Waals surface area contributed by atoms with Gasteiger partial charge in [0.1, 0.15) is 0 Å². The summed E-state index contributed by atoms with van der Waals surface area (Å²) in [4.78, 5) is 10.4. The molecule has 1 rings (SSSR count). The number of carboxylic acids is 1. The van der Waals surface area contributed by atoms with E-state index in [0.717, 1.165) is 6.92 Å². The van der Waals surface area contributed by atoms with Crippen LogP contribution in [0.25, 0.3) is 0 Å². The molecular formula is C13H17F2NO2. The van der Waals surface area contributed by atoms with Crippen LogP contribution in [0.2, 0.25) is 0 Å². The van der Waals surface area contributed by atoms with Crippen LogP contribution in [0.5, 0.6) is 0 Å². The van der Waals surface area contributed by atoms with Gasteiger partial charge in [-0.2, -0.15) is 0 Å². The zero-order valence-electron chi connectivity index (χ0n) is 10.2. The predicted molar refractivity (Wildman–Crippen MR) is 64.6 cm³/mol. The van der Waals surface area contributed by atoms with Crippen LogP contribution < -0.4 is 5.73 Å². The van der Waals surface area contributed by atoms with Crippen molar-refractivity contribution < 1.29 is 18.7 Å². The molecule has 3 N–H and O–H groups in total. The van der Waals surface area contributed by atoms with Gasteiger partial charge in [0, 0.05) is 18.9 Å². The van der Waals surface area contributed by atoms with Crippen molar-refractivity contribution >= 4 is 5.97 Å². The fourth-order valence-electron chi connectivity index (χ4n) is 1.74. The molecule has 0 saturated heterocycles. The Morgan fingerprint density at radius 2 is 2.17 bits per heavy atom. The van der Waals surface area contributed by atoms with Crippen LogP contribution in [-0.4, -0.2) is 17.0 Å². The third-order valence-electron chi connectivity index (χ3n) is 2.56. The second-order valence-electron chi connectivity index (χ2n) is 4.53. The molecule has 0 aliphatic carbocycles. The number of benzene rings is 1. The average molecular weight is 257 g/mol. The predicted octanol–water partition coefficient (Wildman–Crippen LogP) is 2.75. The third kappa shape index (κ3) is 5.23. The zero-order valence-corrected chi connectivity index (χ0v) is 10.2. The van der Waals surface area contributed by atoms with Crippen LogP contribution >= 0.6 is 0 Å². The quantitative estimate of drug-likeness (QED) is 0.823. The van der Waals surface area contributed by atoms with Gasteiger partial charge in [-0.25, -0.2) is 8.78 Å². The first kappa shape index (κ1) is 14.6. The maximum absolute atomic E-state index is 12.9. The van der Waals surface area contributed by atoms with Crippen molar-refractivity contribution in [1.82, 2.24) is 0 Å². The van der Waals surface area contributed by atoms with Gasteiger partial charge in [-0.15, -0.1) is 0 Å². The van der Waals surface area contributed by atoms with Gasteiger partial charge in [-0.3, -0.25) is 4.79 Å². The molecule has 3 nitrogen and oxygen atoms in total. The molecule has 0 spiro atoms. The summed E-state index contributed by atoms with van der Waals surface area (Å²) < 4.78 is 25.8. The number of nitrogens with two attached hydrogens (primary N) is 1. The van der Waals surface area contributed by atoms with E-state index in [2.05, 4.69) is 0 Å². The molecule has 5 heteroatoms. The van der Waals surface area contributed by atoms with Gasteiger partial charge in [-0.1, -0.05) is 24.3 Å². The molecule has 100 valence electrons. The fourth-order valence-corrected chi connectivity index (χ4v) is 1.74. The lowest BCUT2D eigenvalue weighted by atomic mass is 9.98. The minimum atomic E-state index is -2.76. The first-order valence-corrected chi connectivity index (χ1v) is 5.72. The van der Waals surface area contributed by atoms with Gasteiger partial charge in [0.05, 0.1) is 0 Å². The van der Waals surface area contributed by atoms with Crippen LogP contribution in [0.4, 0.5) is 8.78 Å². The Balaban J connectivity index is 2.72. The number of carbonyl (C=O) groups is 1. The highest BCUT2D eigenvalue weighted by molar-refractivity contribution is 5.66. The molecule has 0 bridgehead atoms. The van der Waals surface area contributed by atoms with Crippen LogP contribution in [0, 0.1) is 0 Å². The van der Waals surface area contributed by atoms with Crippen molar-refractivity contribution in [3.05, 3.63) is 35.4 Å². The largest absolute Gasteiger partial charge is 0.481 e. The summed E-state index contributed by atoms with van der Waals surface area (Å²) in [6.45, 7) is 0.865. The summed E-state index contributed by atoms with van der Waals surface area (Å²) >= 11 is 0. The standard InChI is InChI=1S/C13H17F2NO2/c1-13(14,15)8-9-3-2-4-10(7-9)11(16)5-6-12(17)18/h2-4,7,11H,5-6,8,16H2,1H3,(H,17,18). The lowest BCUT2D eigenvalue weighted by molar-refractivity contribution is -0.137. The number of carboxylic acid groups (broad SMARTS) is 1. The van der Waals surface area contributed by atoms with Gasteiger partial charge < -0.3 is 10.8 Å². The molecule has 0 aromatic heterocycles. The SMILES string of the molecule is CC(F)(F)Cc1cccc(C(N)CCC(=O)O)c1. The van der Waals surface area contributed by atoms with Gasteiger partial charge in [0.2, 0.25) is 5.92 Å². The Morgan fingerprint density at radius 1 is 1.50 bits per heavy atom. The average Bonchev–Trinajstić information content (AvgIpc) is 2.23. The highest BCUT2D eigenvalue weighted by atomic mass is 19.3. The lowest BCUT2D eigenvalue weighted by Crippen LogP contribution is -2.15. The second kappa shape index (κ2) is 5.91. The summed E-state index contributed by atoms with van der Waals surface area (Å²) in [5, 5.41) is 8.56. The third-order valence-corrected chi connectivity index (χ3v) is 2.56. The van der Waals surface area contributed by atoms with Crippen LogP contribution in [0.3, 0.4) is 0 Å². The van der Waals surface area contributed by atoms with Crippen LogP contribution in [-0.2, 0) is 11.2 Å². The summed E-state index contributed by atoms with van der Waals surface area (Å²) in [6.07, 6.45) is -0.0802. The zero-order chi connectivity index (χ0) is 13.8. The van der Waals surface area contributed by atoms with Crippen molar-refractivity contribution in [2.45, 2.75) is 38.2 Å². The minimum Gasteiger partial charge on any atom is -0.481 e. The molecule has 1 unspecified atom stereocenters. The van der Waals surface area contributed by atoms with Crippen LogP contribution in [0.15, 0.2) is 24.3 Å². The van der Waals surface area contributed by atoms with E-state index in [1.165, 1.54) is 0 Å². The van der Waals surface area contributed by atoms with Crippen LogP contribution in [0.1, 0.15) is 36.9 Å². The molecule has 18 heavy (non-hydrogen) atoms.